The second-order valence-corrected chi connectivity index (χ2v) is 5.16. The molecule has 2 nitrogen and oxygen atoms in total. The Bertz CT molecular complexity index is 550. The predicted octanol–water partition coefficient (Wildman–Crippen LogP) is 4.59. The summed E-state index contributed by atoms with van der Waals surface area (Å²) in [6, 6.07) is 13.1. The molecule has 0 radical (unpaired) electrons. The Hall–Kier alpha value is -1.22. The second kappa shape index (κ2) is 6.29. The van der Waals surface area contributed by atoms with Crippen LogP contribution in [0.5, 0.6) is 5.75 Å². The lowest BCUT2D eigenvalue weighted by Crippen LogP contribution is -2.05. The summed E-state index contributed by atoms with van der Waals surface area (Å²) in [4.78, 5) is 0. The molecular formula is C15H15Cl2NO. The van der Waals surface area contributed by atoms with Crippen LogP contribution in [0.3, 0.4) is 0 Å². The third-order valence-corrected chi connectivity index (χ3v) is 3.54. The van der Waals surface area contributed by atoms with Gasteiger partial charge >= 0.3 is 0 Å². The number of hydrogen-bond donors (Lipinski definition) is 1. The van der Waals surface area contributed by atoms with E-state index in [4.69, 9.17) is 33.7 Å². The van der Waals surface area contributed by atoms with Gasteiger partial charge in [0.05, 0.1) is 0 Å². The van der Waals surface area contributed by atoms with Crippen LogP contribution in [0, 0.1) is 0 Å². The summed E-state index contributed by atoms with van der Waals surface area (Å²) >= 11 is 12.2. The van der Waals surface area contributed by atoms with Gasteiger partial charge in [-0.05, 0) is 36.8 Å². The topological polar surface area (TPSA) is 35.2 Å². The van der Waals surface area contributed by atoms with Crippen LogP contribution in [-0.4, -0.2) is 0 Å². The van der Waals surface area contributed by atoms with Gasteiger partial charge in [0.25, 0.3) is 0 Å². The van der Waals surface area contributed by atoms with Crippen LogP contribution in [0.25, 0.3) is 0 Å². The summed E-state index contributed by atoms with van der Waals surface area (Å²) in [7, 11) is 0. The van der Waals surface area contributed by atoms with Crippen LogP contribution in [0.4, 0.5) is 0 Å². The van der Waals surface area contributed by atoms with Gasteiger partial charge in [0.1, 0.15) is 12.4 Å². The normalized spacial score (nSPS) is 12.2. The third kappa shape index (κ3) is 3.63. The van der Waals surface area contributed by atoms with Crippen molar-refractivity contribution in [2.75, 3.05) is 0 Å². The molecule has 0 bridgehead atoms. The van der Waals surface area contributed by atoms with Crippen molar-refractivity contribution >= 4 is 23.2 Å². The summed E-state index contributed by atoms with van der Waals surface area (Å²) in [5.41, 5.74) is 7.66. The van der Waals surface area contributed by atoms with E-state index in [1.807, 2.05) is 37.3 Å². The minimum Gasteiger partial charge on any atom is -0.489 e. The van der Waals surface area contributed by atoms with Gasteiger partial charge in [-0.25, -0.2) is 0 Å². The Morgan fingerprint density at radius 3 is 2.37 bits per heavy atom. The Labute approximate surface area is 123 Å². The molecule has 0 unspecified atom stereocenters. The van der Waals surface area contributed by atoms with Crippen LogP contribution >= 0.6 is 23.2 Å². The van der Waals surface area contributed by atoms with Gasteiger partial charge in [-0.1, -0.05) is 41.4 Å². The first-order valence-corrected chi connectivity index (χ1v) is 6.74. The smallest absolute Gasteiger partial charge is 0.120 e. The highest BCUT2D eigenvalue weighted by Crippen LogP contribution is 2.26. The molecule has 0 fully saturated rings. The highest BCUT2D eigenvalue weighted by atomic mass is 35.5. The number of rotatable bonds is 4. The van der Waals surface area contributed by atoms with E-state index >= 15 is 0 Å². The molecule has 0 aromatic heterocycles. The van der Waals surface area contributed by atoms with E-state index in [1.54, 1.807) is 12.1 Å². The average molecular weight is 296 g/mol. The number of ether oxygens (including phenoxy) is 1. The number of hydrogen-bond acceptors (Lipinski definition) is 2. The van der Waals surface area contributed by atoms with Crippen LogP contribution in [-0.2, 0) is 6.61 Å². The molecular weight excluding hydrogens is 281 g/mol. The Morgan fingerprint density at radius 2 is 1.74 bits per heavy atom. The lowest BCUT2D eigenvalue weighted by atomic mass is 10.1. The molecule has 19 heavy (non-hydrogen) atoms. The molecule has 0 spiro atoms. The third-order valence-electron chi connectivity index (χ3n) is 2.83. The molecule has 0 aliphatic rings. The zero-order chi connectivity index (χ0) is 13.8. The van der Waals surface area contributed by atoms with E-state index in [0.717, 1.165) is 16.9 Å². The number of benzene rings is 2. The Kier molecular flexibility index (Phi) is 4.70. The van der Waals surface area contributed by atoms with Crippen LogP contribution in [0.2, 0.25) is 10.0 Å². The molecule has 0 heterocycles. The van der Waals surface area contributed by atoms with Gasteiger partial charge in [-0.15, -0.1) is 0 Å². The standard InChI is InChI=1S/C15H15Cl2NO/c1-10(18)11-4-2-5-12(8-11)19-9-13-14(16)6-3-7-15(13)17/h2-8,10H,9,18H2,1H3/t10-/m1/s1. The van der Waals surface area contributed by atoms with Crippen molar-refractivity contribution in [3.8, 4) is 5.75 Å². The number of nitrogens with two attached hydrogens (primary N) is 1. The fourth-order valence-electron chi connectivity index (χ4n) is 1.71. The minimum absolute atomic E-state index is 0.0209. The zero-order valence-corrected chi connectivity index (χ0v) is 12.1. The SMILES string of the molecule is C[C@@H](N)c1cccc(OCc2c(Cl)cccc2Cl)c1. The lowest BCUT2D eigenvalue weighted by Gasteiger charge is -2.11. The van der Waals surface area contributed by atoms with Crippen LogP contribution in [0.15, 0.2) is 42.5 Å². The monoisotopic (exact) mass is 295 g/mol. The maximum Gasteiger partial charge on any atom is 0.120 e. The molecule has 4 heteroatoms. The average Bonchev–Trinajstić information content (AvgIpc) is 2.38. The molecule has 0 saturated carbocycles. The maximum atomic E-state index is 6.09. The van der Waals surface area contributed by atoms with Crippen molar-refractivity contribution in [2.45, 2.75) is 19.6 Å². The van der Waals surface area contributed by atoms with E-state index in [9.17, 15) is 0 Å². The largest absolute Gasteiger partial charge is 0.489 e. The molecule has 2 aromatic rings. The predicted molar refractivity (Wildman–Crippen MR) is 79.8 cm³/mol. The fourth-order valence-corrected chi connectivity index (χ4v) is 2.22. The highest BCUT2D eigenvalue weighted by Gasteiger charge is 2.07. The van der Waals surface area contributed by atoms with E-state index in [0.29, 0.717) is 16.7 Å². The summed E-state index contributed by atoms with van der Waals surface area (Å²) < 4.78 is 5.72. The van der Waals surface area contributed by atoms with Gasteiger partial charge in [-0.2, -0.15) is 0 Å². The summed E-state index contributed by atoms with van der Waals surface area (Å²) in [6.45, 7) is 2.27. The first-order valence-electron chi connectivity index (χ1n) is 5.99. The van der Waals surface area contributed by atoms with Gasteiger partial charge in [0.15, 0.2) is 0 Å². The molecule has 0 amide bonds. The first-order chi connectivity index (χ1) is 9.08. The van der Waals surface area contributed by atoms with Gasteiger partial charge in [-0.3, -0.25) is 0 Å². The highest BCUT2D eigenvalue weighted by molar-refractivity contribution is 6.35. The quantitative estimate of drug-likeness (QED) is 0.895. The van der Waals surface area contributed by atoms with E-state index in [2.05, 4.69) is 0 Å². The summed E-state index contributed by atoms with van der Waals surface area (Å²) in [5.74, 6) is 0.755. The molecule has 2 rings (SSSR count). The van der Waals surface area contributed by atoms with Gasteiger partial charge < -0.3 is 10.5 Å². The van der Waals surface area contributed by atoms with Crippen molar-refractivity contribution < 1.29 is 4.74 Å². The van der Waals surface area contributed by atoms with Crippen molar-refractivity contribution in [2.24, 2.45) is 5.73 Å². The second-order valence-electron chi connectivity index (χ2n) is 4.35. The molecule has 2 aromatic carbocycles. The van der Waals surface area contributed by atoms with E-state index < -0.39 is 0 Å². The first kappa shape index (κ1) is 14.2. The summed E-state index contributed by atoms with van der Waals surface area (Å²) in [6.07, 6.45) is 0. The molecule has 0 aliphatic heterocycles. The van der Waals surface area contributed by atoms with Gasteiger partial charge in [0.2, 0.25) is 0 Å². The van der Waals surface area contributed by atoms with Crippen LogP contribution in [0.1, 0.15) is 24.1 Å². The molecule has 2 N–H and O–H groups in total. The maximum absolute atomic E-state index is 6.09. The molecule has 0 aliphatic carbocycles. The van der Waals surface area contributed by atoms with Crippen LogP contribution < -0.4 is 10.5 Å². The minimum atomic E-state index is -0.0209. The molecule has 100 valence electrons. The van der Waals surface area contributed by atoms with Crippen molar-refractivity contribution in [1.82, 2.24) is 0 Å². The van der Waals surface area contributed by atoms with Crippen molar-refractivity contribution in [3.05, 3.63) is 63.6 Å². The fraction of sp³-hybridized carbons (Fsp3) is 0.200. The summed E-state index contributed by atoms with van der Waals surface area (Å²) in [5, 5.41) is 1.21. The van der Waals surface area contributed by atoms with E-state index in [-0.39, 0.29) is 6.04 Å². The molecule has 0 saturated heterocycles. The lowest BCUT2D eigenvalue weighted by molar-refractivity contribution is 0.306. The van der Waals surface area contributed by atoms with Crippen molar-refractivity contribution in [1.29, 1.82) is 0 Å². The zero-order valence-electron chi connectivity index (χ0n) is 10.6. The van der Waals surface area contributed by atoms with Gasteiger partial charge in [0, 0.05) is 21.7 Å². The molecule has 1 atom stereocenters. The number of halogens is 2. The Morgan fingerprint density at radius 1 is 1.11 bits per heavy atom. The van der Waals surface area contributed by atoms with Crippen molar-refractivity contribution in [3.63, 3.8) is 0 Å². The Balaban J connectivity index is 2.12. The van der Waals surface area contributed by atoms with E-state index in [1.165, 1.54) is 0 Å².